The molecule has 0 aliphatic heterocycles. The molecule has 1 heterocycles. The Hall–Kier alpha value is -2.35. The summed E-state index contributed by atoms with van der Waals surface area (Å²) in [5.41, 5.74) is -0.454. The number of aryl methyl sites for hydroxylation is 1. The van der Waals surface area contributed by atoms with Crippen molar-refractivity contribution in [3.63, 3.8) is 0 Å². The van der Waals surface area contributed by atoms with Crippen molar-refractivity contribution < 1.29 is 23.5 Å². The minimum Gasteiger partial charge on any atom is -0.477 e. The molecule has 0 bridgehead atoms. The highest BCUT2D eigenvalue weighted by Gasteiger charge is 2.45. The van der Waals surface area contributed by atoms with Gasteiger partial charge in [0, 0.05) is 11.6 Å². The summed E-state index contributed by atoms with van der Waals surface area (Å²) < 4.78 is 27.7. The lowest BCUT2D eigenvalue weighted by molar-refractivity contribution is -0.127. The van der Waals surface area contributed by atoms with Gasteiger partial charge in [-0.25, -0.2) is 18.6 Å². The fraction of sp³-hybridized carbons (Fsp3) is 0.421. The van der Waals surface area contributed by atoms with Crippen LogP contribution in [0.4, 0.5) is 8.78 Å². The van der Waals surface area contributed by atoms with Gasteiger partial charge in [0.15, 0.2) is 0 Å². The first-order valence-electron chi connectivity index (χ1n) is 8.72. The molecule has 0 saturated heterocycles. The Morgan fingerprint density at radius 1 is 1.30 bits per heavy atom. The summed E-state index contributed by atoms with van der Waals surface area (Å²) in [5.74, 6) is -2.81. The zero-order valence-corrected chi connectivity index (χ0v) is 15.8. The number of rotatable bonds is 5. The van der Waals surface area contributed by atoms with Gasteiger partial charge in [-0.2, -0.15) is 0 Å². The van der Waals surface area contributed by atoms with Gasteiger partial charge in [0.25, 0.3) is 0 Å². The number of carbonyl (C=O) groups excluding carboxylic acids is 1. The number of halogens is 2. The summed E-state index contributed by atoms with van der Waals surface area (Å²) in [6.45, 7) is 3.32. The second-order valence-electron chi connectivity index (χ2n) is 6.88. The maximum Gasteiger partial charge on any atom is 0.347 e. The molecule has 1 unspecified atom stereocenters. The van der Waals surface area contributed by atoms with Crippen LogP contribution < -0.4 is 5.32 Å². The minimum absolute atomic E-state index is 0.131. The largest absolute Gasteiger partial charge is 0.477 e. The molecule has 1 saturated carbocycles. The molecular weight excluding hydrogens is 374 g/mol. The second kappa shape index (κ2) is 7.34. The Kier molecular flexibility index (Phi) is 5.28. The smallest absolute Gasteiger partial charge is 0.347 e. The molecule has 1 aliphatic carbocycles. The molecule has 2 aromatic rings. The molecule has 1 fully saturated rings. The number of aromatic nitrogens is 1. The number of benzene rings is 1. The number of hydrogen-bond donors (Lipinski definition) is 2. The van der Waals surface area contributed by atoms with Gasteiger partial charge in [0.1, 0.15) is 21.5 Å². The first kappa shape index (κ1) is 19.4. The Labute approximate surface area is 159 Å². The van der Waals surface area contributed by atoms with Gasteiger partial charge >= 0.3 is 5.97 Å². The van der Waals surface area contributed by atoms with Gasteiger partial charge in [-0.15, -0.1) is 11.3 Å². The summed E-state index contributed by atoms with van der Waals surface area (Å²) >= 11 is 1.01. The van der Waals surface area contributed by atoms with E-state index in [4.69, 9.17) is 5.11 Å². The molecule has 8 heteroatoms. The van der Waals surface area contributed by atoms with Gasteiger partial charge in [-0.05, 0) is 32.8 Å². The summed E-state index contributed by atoms with van der Waals surface area (Å²) in [6, 6.07) is 2.79. The first-order valence-corrected chi connectivity index (χ1v) is 9.53. The molecule has 2 N–H and O–H groups in total. The molecule has 1 amide bonds. The maximum atomic E-state index is 14.4. The van der Waals surface area contributed by atoms with Gasteiger partial charge in [-0.3, -0.25) is 4.79 Å². The van der Waals surface area contributed by atoms with E-state index < -0.39 is 29.1 Å². The van der Waals surface area contributed by atoms with Crippen molar-refractivity contribution in [2.45, 2.75) is 51.0 Å². The number of aromatic carboxylic acids is 1. The van der Waals surface area contributed by atoms with Gasteiger partial charge in [0.05, 0.1) is 17.2 Å². The van der Waals surface area contributed by atoms with Crippen molar-refractivity contribution in [3.8, 4) is 0 Å². The molecule has 144 valence electrons. The monoisotopic (exact) mass is 394 g/mol. The highest BCUT2D eigenvalue weighted by atomic mass is 32.1. The van der Waals surface area contributed by atoms with E-state index in [1.165, 1.54) is 12.1 Å². The number of carboxylic acids is 1. The average Bonchev–Trinajstić information content (AvgIpc) is 3.22. The molecule has 1 aromatic carbocycles. The molecular formula is C19H20F2N2O3S. The molecule has 1 atom stereocenters. The normalized spacial score (nSPS) is 16.9. The number of carboxylic acid groups (broad SMARTS) is 1. The van der Waals surface area contributed by atoms with Crippen LogP contribution in [0.1, 0.15) is 64.6 Å². The van der Waals surface area contributed by atoms with Crippen LogP contribution in [0.15, 0.2) is 18.2 Å². The van der Waals surface area contributed by atoms with Crippen LogP contribution in [0.25, 0.3) is 0 Å². The Bertz CT molecular complexity index is 891. The van der Waals surface area contributed by atoms with Crippen molar-refractivity contribution in [3.05, 3.63) is 51.0 Å². The van der Waals surface area contributed by atoms with Crippen LogP contribution in [0.5, 0.6) is 0 Å². The van der Waals surface area contributed by atoms with E-state index in [0.717, 1.165) is 30.2 Å². The highest BCUT2D eigenvalue weighted by Crippen LogP contribution is 2.43. The van der Waals surface area contributed by atoms with Crippen LogP contribution in [0, 0.1) is 18.6 Å². The van der Waals surface area contributed by atoms with Gasteiger partial charge in [-0.1, -0.05) is 18.9 Å². The molecule has 1 aromatic heterocycles. The molecule has 0 spiro atoms. The quantitative estimate of drug-likeness (QED) is 0.800. The van der Waals surface area contributed by atoms with E-state index >= 15 is 0 Å². The summed E-state index contributed by atoms with van der Waals surface area (Å²) in [4.78, 5) is 28.7. The average molecular weight is 394 g/mol. The summed E-state index contributed by atoms with van der Waals surface area (Å²) in [5, 5.41) is 12.5. The van der Waals surface area contributed by atoms with Crippen molar-refractivity contribution in [2.75, 3.05) is 0 Å². The van der Waals surface area contributed by atoms with Crippen molar-refractivity contribution in [2.24, 2.45) is 0 Å². The SMILES string of the molecule is Cc1nc(C(C)NC(=O)C2(c3ccc(F)cc3F)CCCC2)sc1C(=O)O. The number of nitrogens with zero attached hydrogens (tertiary/aromatic N) is 1. The van der Waals surface area contributed by atoms with Gasteiger partial charge < -0.3 is 10.4 Å². The number of amides is 1. The van der Waals surface area contributed by atoms with Crippen molar-refractivity contribution in [1.82, 2.24) is 10.3 Å². The molecule has 5 nitrogen and oxygen atoms in total. The fourth-order valence-electron chi connectivity index (χ4n) is 3.67. The second-order valence-corrected chi connectivity index (χ2v) is 7.91. The van der Waals surface area contributed by atoms with E-state index in [1.807, 2.05) is 0 Å². The van der Waals surface area contributed by atoms with E-state index in [1.54, 1.807) is 13.8 Å². The minimum atomic E-state index is -1.06. The lowest BCUT2D eigenvalue weighted by atomic mass is 9.77. The topological polar surface area (TPSA) is 79.3 Å². The van der Waals surface area contributed by atoms with E-state index in [2.05, 4.69) is 10.3 Å². The molecule has 3 rings (SSSR count). The highest BCUT2D eigenvalue weighted by molar-refractivity contribution is 7.13. The third-order valence-electron chi connectivity index (χ3n) is 5.06. The predicted octanol–water partition coefficient (Wildman–Crippen LogP) is 4.12. The third kappa shape index (κ3) is 3.58. The molecule has 0 radical (unpaired) electrons. The van der Waals surface area contributed by atoms with Crippen LogP contribution in [-0.4, -0.2) is 22.0 Å². The van der Waals surface area contributed by atoms with Crippen LogP contribution >= 0.6 is 11.3 Å². The Balaban J connectivity index is 1.88. The summed E-state index contributed by atoms with van der Waals surface area (Å²) in [7, 11) is 0. The molecule has 1 aliphatic rings. The van der Waals surface area contributed by atoms with E-state index in [-0.39, 0.29) is 16.3 Å². The maximum absolute atomic E-state index is 14.4. The van der Waals surface area contributed by atoms with Crippen LogP contribution in [0.3, 0.4) is 0 Å². The standard InChI is InChI=1S/C19H20F2N2O3S/c1-10-15(17(24)25)27-16(22-10)11(2)23-18(26)19(7-3-4-8-19)13-6-5-12(20)9-14(13)21/h5-6,9,11H,3-4,7-8H2,1-2H3,(H,23,26)(H,24,25). The number of carbonyl (C=O) groups is 2. The third-order valence-corrected chi connectivity index (χ3v) is 6.39. The Morgan fingerprint density at radius 2 is 1.96 bits per heavy atom. The first-order chi connectivity index (χ1) is 12.7. The van der Waals surface area contributed by atoms with Crippen molar-refractivity contribution in [1.29, 1.82) is 0 Å². The molecule has 27 heavy (non-hydrogen) atoms. The number of hydrogen-bond acceptors (Lipinski definition) is 4. The van der Waals surface area contributed by atoms with Crippen LogP contribution in [0.2, 0.25) is 0 Å². The Morgan fingerprint density at radius 3 is 2.52 bits per heavy atom. The number of thiazole rings is 1. The predicted molar refractivity (Wildman–Crippen MR) is 96.9 cm³/mol. The van der Waals surface area contributed by atoms with E-state index in [0.29, 0.717) is 23.5 Å². The fourth-order valence-corrected chi connectivity index (χ4v) is 4.58. The lowest BCUT2D eigenvalue weighted by Crippen LogP contribution is -2.44. The van der Waals surface area contributed by atoms with Gasteiger partial charge in [0.2, 0.25) is 5.91 Å². The zero-order chi connectivity index (χ0) is 19.8. The van der Waals surface area contributed by atoms with E-state index in [9.17, 15) is 18.4 Å². The van der Waals surface area contributed by atoms with Crippen LogP contribution in [-0.2, 0) is 10.2 Å². The zero-order valence-electron chi connectivity index (χ0n) is 15.0. The lowest BCUT2D eigenvalue weighted by Gasteiger charge is -2.30. The summed E-state index contributed by atoms with van der Waals surface area (Å²) in [6.07, 6.45) is 2.51. The number of nitrogens with one attached hydrogen (secondary N) is 1. The van der Waals surface area contributed by atoms with Crippen molar-refractivity contribution >= 4 is 23.2 Å².